The van der Waals surface area contributed by atoms with E-state index in [0.717, 1.165) is 0 Å². The first-order valence-electron chi connectivity index (χ1n) is 4.79. The van der Waals surface area contributed by atoms with Crippen LogP contribution in [-0.4, -0.2) is 17.1 Å². The van der Waals surface area contributed by atoms with E-state index in [-0.39, 0.29) is 12.1 Å². The molecule has 0 saturated heterocycles. The smallest absolute Gasteiger partial charge is 0.252 e. The van der Waals surface area contributed by atoms with Crippen molar-refractivity contribution in [1.82, 2.24) is 4.57 Å². The van der Waals surface area contributed by atoms with Crippen LogP contribution in [0.2, 0.25) is 0 Å². The van der Waals surface area contributed by atoms with Crippen molar-refractivity contribution in [2.75, 3.05) is 0 Å². The van der Waals surface area contributed by atoms with Crippen LogP contribution in [0.4, 0.5) is 0 Å². The van der Waals surface area contributed by atoms with Crippen LogP contribution in [0.5, 0.6) is 0 Å². The molecule has 1 aromatic heterocycles. The number of carbonyl (C=O) groups is 2. The molecule has 0 aliphatic carbocycles. The highest BCUT2D eigenvalue weighted by Crippen LogP contribution is 2.14. The maximum Gasteiger partial charge on any atom is 0.252 e. The zero-order valence-corrected chi connectivity index (χ0v) is 8.42. The lowest BCUT2D eigenvalue weighted by molar-refractivity contribution is -0.108. The van der Waals surface area contributed by atoms with Gasteiger partial charge in [0.15, 0.2) is 6.29 Å². The van der Waals surface area contributed by atoms with Crippen LogP contribution in [0.15, 0.2) is 35.1 Å². The van der Waals surface area contributed by atoms with E-state index >= 15 is 0 Å². The van der Waals surface area contributed by atoms with E-state index in [4.69, 9.17) is 0 Å². The number of pyridine rings is 1. The highest BCUT2D eigenvalue weighted by Gasteiger charge is 2.06. The lowest BCUT2D eigenvalue weighted by Crippen LogP contribution is -2.21. The number of aromatic nitrogens is 1. The molecule has 0 amide bonds. The van der Waals surface area contributed by atoms with Gasteiger partial charge in [0, 0.05) is 17.0 Å². The third kappa shape index (κ3) is 1.54. The number of nitrogens with zero attached hydrogens (tertiary/aromatic N) is 1. The number of hydrogen-bond donors (Lipinski definition) is 0. The molecule has 0 fully saturated rings. The Morgan fingerprint density at radius 2 is 1.94 bits per heavy atom. The minimum Gasteiger partial charge on any atom is -0.301 e. The summed E-state index contributed by atoms with van der Waals surface area (Å²) in [5.74, 6) is 0. The van der Waals surface area contributed by atoms with Gasteiger partial charge in [-0.1, -0.05) is 18.2 Å². The summed E-state index contributed by atoms with van der Waals surface area (Å²) in [7, 11) is 0. The topological polar surface area (TPSA) is 56.1 Å². The number of hydrogen-bond acceptors (Lipinski definition) is 3. The van der Waals surface area contributed by atoms with E-state index in [1.807, 2.05) is 0 Å². The van der Waals surface area contributed by atoms with Crippen LogP contribution in [0, 0.1) is 0 Å². The second-order valence-electron chi connectivity index (χ2n) is 3.35. The van der Waals surface area contributed by atoms with Gasteiger partial charge in [0.25, 0.3) is 5.56 Å². The highest BCUT2D eigenvalue weighted by molar-refractivity contribution is 5.96. The number of rotatable bonds is 3. The molecule has 4 heteroatoms. The molecule has 1 aromatic carbocycles. The first-order chi connectivity index (χ1) is 7.77. The van der Waals surface area contributed by atoms with Gasteiger partial charge in [-0.15, -0.1) is 0 Å². The van der Waals surface area contributed by atoms with Crippen molar-refractivity contribution in [3.8, 4) is 0 Å². The molecule has 80 valence electrons. The second kappa shape index (κ2) is 4.10. The van der Waals surface area contributed by atoms with Crippen molar-refractivity contribution in [3.05, 3.63) is 46.2 Å². The van der Waals surface area contributed by atoms with Crippen LogP contribution >= 0.6 is 0 Å². The van der Waals surface area contributed by atoms with Crippen LogP contribution in [-0.2, 0) is 11.3 Å². The number of benzene rings is 1. The SMILES string of the molecule is O=CCn1c(=O)cc(C=O)c2ccccc21. The Morgan fingerprint density at radius 1 is 1.19 bits per heavy atom. The highest BCUT2D eigenvalue weighted by atomic mass is 16.1. The van der Waals surface area contributed by atoms with Gasteiger partial charge in [-0.25, -0.2) is 0 Å². The molecule has 0 N–H and O–H groups in total. The van der Waals surface area contributed by atoms with Crippen LogP contribution in [0.25, 0.3) is 10.9 Å². The molecule has 0 spiro atoms. The standard InChI is InChI=1S/C12H9NO3/c14-6-5-13-11-4-2-1-3-10(11)9(8-15)7-12(13)16/h1-4,6-8H,5H2. The Labute approximate surface area is 91.1 Å². The Bertz CT molecular complexity index is 613. The van der Waals surface area contributed by atoms with Crippen molar-refractivity contribution in [2.24, 2.45) is 0 Å². The molecule has 4 nitrogen and oxygen atoms in total. The van der Waals surface area contributed by atoms with E-state index in [1.165, 1.54) is 10.6 Å². The summed E-state index contributed by atoms with van der Waals surface area (Å²) in [5.41, 5.74) is 0.611. The first kappa shape index (κ1) is 10.3. The minimum atomic E-state index is -0.340. The molecule has 0 unspecified atom stereocenters. The van der Waals surface area contributed by atoms with E-state index in [9.17, 15) is 14.4 Å². The molecule has 0 saturated carbocycles. The molecule has 0 radical (unpaired) electrons. The molecule has 0 atom stereocenters. The maximum atomic E-state index is 11.6. The molecular formula is C12H9NO3. The average Bonchev–Trinajstić information content (AvgIpc) is 2.32. The van der Waals surface area contributed by atoms with Gasteiger partial charge in [0.2, 0.25) is 0 Å². The molecule has 1 heterocycles. The van der Waals surface area contributed by atoms with Crippen molar-refractivity contribution in [3.63, 3.8) is 0 Å². The molecule has 0 aliphatic heterocycles. The number of fused-ring (bicyclic) bond motifs is 1. The summed E-state index contributed by atoms with van der Waals surface area (Å²) in [4.78, 5) is 33.0. The van der Waals surface area contributed by atoms with E-state index in [0.29, 0.717) is 29.0 Å². The summed E-state index contributed by atoms with van der Waals surface area (Å²) < 4.78 is 1.34. The molecule has 0 bridgehead atoms. The maximum absolute atomic E-state index is 11.6. The van der Waals surface area contributed by atoms with Crippen molar-refractivity contribution >= 4 is 23.5 Å². The first-order valence-corrected chi connectivity index (χ1v) is 4.79. The molecule has 0 aliphatic rings. The largest absolute Gasteiger partial charge is 0.301 e. The zero-order chi connectivity index (χ0) is 11.5. The fourth-order valence-electron chi connectivity index (χ4n) is 1.72. The molecular weight excluding hydrogens is 206 g/mol. The average molecular weight is 215 g/mol. The lowest BCUT2D eigenvalue weighted by Gasteiger charge is -2.07. The van der Waals surface area contributed by atoms with Crippen molar-refractivity contribution < 1.29 is 9.59 Å². The van der Waals surface area contributed by atoms with Gasteiger partial charge in [-0.3, -0.25) is 9.59 Å². The third-order valence-electron chi connectivity index (χ3n) is 2.43. The van der Waals surface area contributed by atoms with Crippen LogP contribution in [0.3, 0.4) is 0 Å². The predicted octanol–water partition coefficient (Wildman–Crippen LogP) is 1.01. The summed E-state index contributed by atoms with van der Waals surface area (Å²) in [5, 5.41) is 0.680. The van der Waals surface area contributed by atoms with Crippen molar-refractivity contribution in [2.45, 2.75) is 6.54 Å². The minimum absolute atomic E-state index is 0.00150. The normalized spacial score (nSPS) is 10.2. The molecule has 2 rings (SSSR count). The second-order valence-corrected chi connectivity index (χ2v) is 3.35. The Hall–Kier alpha value is -2.23. The summed E-state index contributed by atoms with van der Waals surface area (Å²) in [6.45, 7) is -0.00150. The summed E-state index contributed by atoms with van der Waals surface area (Å²) in [6.07, 6.45) is 1.31. The Kier molecular flexibility index (Phi) is 2.64. The monoisotopic (exact) mass is 215 g/mol. The number of carbonyl (C=O) groups excluding carboxylic acids is 2. The predicted molar refractivity (Wildman–Crippen MR) is 59.7 cm³/mol. The van der Waals surface area contributed by atoms with Crippen LogP contribution in [0.1, 0.15) is 10.4 Å². The number of para-hydroxylation sites is 1. The Morgan fingerprint density at radius 3 is 2.62 bits per heavy atom. The summed E-state index contributed by atoms with van der Waals surface area (Å²) in [6, 6.07) is 8.26. The van der Waals surface area contributed by atoms with Gasteiger partial charge in [-0.05, 0) is 6.07 Å². The zero-order valence-electron chi connectivity index (χ0n) is 8.42. The van der Waals surface area contributed by atoms with E-state index in [2.05, 4.69) is 0 Å². The fourth-order valence-corrected chi connectivity index (χ4v) is 1.72. The van der Waals surface area contributed by atoms with Gasteiger partial charge in [0.05, 0.1) is 12.1 Å². The van der Waals surface area contributed by atoms with Gasteiger partial charge >= 0.3 is 0 Å². The summed E-state index contributed by atoms with van der Waals surface area (Å²) >= 11 is 0. The Balaban J connectivity index is 2.91. The van der Waals surface area contributed by atoms with Gasteiger partial charge in [-0.2, -0.15) is 0 Å². The van der Waals surface area contributed by atoms with Gasteiger partial charge in [0.1, 0.15) is 6.29 Å². The molecule has 16 heavy (non-hydrogen) atoms. The van der Waals surface area contributed by atoms with E-state index in [1.54, 1.807) is 24.3 Å². The quantitative estimate of drug-likeness (QED) is 0.718. The van der Waals surface area contributed by atoms with E-state index < -0.39 is 0 Å². The lowest BCUT2D eigenvalue weighted by atomic mass is 10.1. The third-order valence-corrected chi connectivity index (χ3v) is 2.43. The van der Waals surface area contributed by atoms with Crippen LogP contribution < -0.4 is 5.56 Å². The van der Waals surface area contributed by atoms with Gasteiger partial charge < -0.3 is 9.36 Å². The number of aldehydes is 2. The molecule has 2 aromatic rings. The van der Waals surface area contributed by atoms with Crippen molar-refractivity contribution in [1.29, 1.82) is 0 Å². The fraction of sp³-hybridized carbons (Fsp3) is 0.0833.